The first-order valence-electron chi connectivity index (χ1n) is 7.08. The highest BCUT2D eigenvalue weighted by Gasteiger charge is 2.21. The Balaban J connectivity index is 2.09. The molecule has 1 aliphatic heterocycles. The fourth-order valence-corrected chi connectivity index (χ4v) is 2.39. The van der Waals surface area contributed by atoms with Crippen molar-refractivity contribution in [2.24, 2.45) is 0 Å². The summed E-state index contributed by atoms with van der Waals surface area (Å²) in [7, 11) is 0. The number of aromatic nitrogens is 2. The molecular weight excluding hydrogens is 242 g/mol. The van der Waals surface area contributed by atoms with E-state index in [1.807, 2.05) is 20.8 Å². The van der Waals surface area contributed by atoms with Crippen LogP contribution in [0.4, 0.5) is 5.82 Å². The van der Waals surface area contributed by atoms with Crippen LogP contribution in [0.15, 0.2) is 10.9 Å². The van der Waals surface area contributed by atoms with Gasteiger partial charge in [-0.05, 0) is 19.8 Å². The lowest BCUT2D eigenvalue weighted by Gasteiger charge is -2.32. The van der Waals surface area contributed by atoms with Gasteiger partial charge in [0.05, 0.1) is 6.10 Å². The van der Waals surface area contributed by atoms with Crippen molar-refractivity contribution in [3.8, 4) is 0 Å². The Morgan fingerprint density at radius 2 is 2.16 bits per heavy atom. The van der Waals surface area contributed by atoms with Crippen LogP contribution in [0.3, 0.4) is 0 Å². The van der Waals surface area contributed by atoms with Crippen LogP contribution in [-0.2, 0) is 4.74 Å². The molecule has 106 valence electrons. The maximum absolute atomic E-state index is 11.7. The Labute approximate surface area is 114 Å². The van der Waals surface area contributed by atoms with Crippen LogP contribution in [0.25, 0.3) is 0 Å². The lowest BCUT2D eigenvalue weighted by molar-refractivity contribution is 0.0458. The van der Waals surface area contributed by atoms with Crippen LogP contribution in [0.2, 0.25) is 0 Å². The summed E-state index contributed by atoms with van der Waals surface area (Å²) in [5.41, 5.74) is -0.0689. The van der Waals surface area contributed by atoms with Crippen LogP contribution in [-0.4, -0.2) is 35.8 Å². The molecule has 0 unspecified atom stereocenters. The van der Waals surface area contributed by atoms with E-state index in [9.17, 15) is 4.79 Å². The molecule has 1 fully saturated rings. The fraction of sp³-hybridized carbons (Fsp3) is 0.714. The van der Waals surface area contributed by atoms with Gasteiger partial charge in [-0.3, -0.25) is 4.79 Å². The maximum atomic E-state index is 11.7. The predicted octanol–water partition coefficient (Wildman–Crippen LogP) is 1.90. The molecule has 0 saturated carbocycles. The Morgan fingerprint density at radius 1 is 1.47 bits per heavy atom. The number of hydrogen-bond acceptors (Lipinski definition) is 4. The molecule has 0 bridgehead atoms. The molecule has 1 N–H and O–H groups in total. The van der Waals surface area contributed by atoms with E-state index >= 15 is 0 Å². The summed E-state index contributed by atoms with van der Waals surface area (Å²) in [6.45, 7) is 8.66. The molecule has 1 aliphatic rings. The summed E-state index contributed by atoms with van der Waals surface area (Å²) in [5.74, 6) is 1.78. The molecule has 5 nitrogen and oxygen atoms in total. The van der Waals surface area contributed by atoms with E-state index in [-0.39, 0.29) is 11.5 Å². The second-order valence-electron chi connectivity index (χ2n) is 5.29. The van der Waals surface area contributed by atoms with Crippen LogP contribution in [0.1, 0.15) is 45.4 Å². The van der Waals surface area contributed by atoms with Gasteiger partial charge in [0, 0.05) is 31.7 Å². The van der Waals surface area contributed by atoms with E-state index in [4.69, 9.17) is 4.74 Å². The van der Waals surface area contributed by atoms with E-state index in [1.54, 1.807) is 6.07 Å². The van der Waals surface area contributed by atoms with Gasteiger partial charge >= 0.3 is 0 Å². The highest BCUT2D eigenvalue weighted by molar-refractivity contribution is 5.38. The molecule has 1 saturated heterocycles. The first kappa shape index (κ1) is 14.1. The largest absolute Gasteiger partial charge is 0.378 e. The summed E-state index contributed by atoms with van der Waals surface area (Å²) >= 11 is 0. The number of nitrogens with zero attached hydrogens (tertiary/aromatic N) is 2. The SMILES string of the molecule is CCOC1CCN(c2cc(=O)[nH]c(C(C)C)n2)CC1. The number of rotatable bonds is 4. The van der Waals surface area contributed by atoms with E-state index < -0.39 is 0 Å². The van der Waals surface area contributed by atoms with Crippen molar-refractivity contribution in [1.82, 2.24) is 9.97 Å². The Hall–Kier alpha value is -1.36. The Bertz CT molecular complexity index is 462. The molecule has 19 heavy (non-hydrogen) atoms. The molecule has 0 aromatic carbocycles. The van der Waals surface area contributed by atoms with Gasteiger partial charge in [-0.15, -0.1) is 0 Å². The number of ether oxygens (including phenoxy) is 1. The van der Waals surface area contributed by atoms with Gasteiger partial charge in [-0.25, -0.2) is 4.98 Å². The zero-order valence-corrected chi connectivity index (χ0v) is 12.0. The van der Waals surface area contributed by atoms with Gasteiger partial charge < -0.3 is 14.6 Å². The molecule has 1 aromatic heterocycles. The van der Waals surface area contributed by atoms with Gasteiger partial charge in [-0.1, -0.05) is 13.8 Å². The molecule has 0 amide bonds. The summed E-state index contributed by atoms with van der Waals surface area (Å²) in [6, 6.07) is 1.59. The van der Waals surface area contributed by atoms with Crippen molar-refractivity contribution in [2.45, 2.75) is 45.6 Å². The molecule has 1 aromatic rings. The molecule has 2 heterocycles. The Kier molecular flexibility index (Phi) is 4.58. The molecule has 5 heteroatoms. The van der Waals surface area contributed by atoms with E-state index in [1.165, 1.54) is 0 Å². The predicted molar refractivity (Wildman–Crippen MR) is 75.8 cm³/mol. The third-order valence-electron chi connectivity index (χ3n) is 3.46. The topological polar surface area (TPSA) is 58.2 Å². The van der Waals surface area contributed by atoms with Crippen molar-refractivity contribution in [2.75, 3.05) is 24.6 Å². The van der Waals surface area contributed by atoms with Gasteiger partial charge in [0.2, 0.25) is 0 Å². The van der Waals surface area contributed by atoms with Crippen LogP contribution in [0.5, 0.6) is 0 Å². The van der Waals surface area contributed by atoms with Crippen LogP contribution < -0.4 is 10.5 Å². The average Bonchev–Trinajstić information content (AvgIpc) is 2.39. The van der Waals surface area contributed by atoms with E-state index in [0.717, 1.165) is 44.2 Å². The van der Waals surface area contributed by atoms with E-state index in [2.05, 4.69) is 14.9 Å². The molecule has 0 aliphatic carbocycles. The number of aromatic amines is 1. The zero-order valence-electron chi connectivity index (χ0n) is 12.0. The van der Waals surface area contributed by atoms with Gasteiger partial charge in [-0.2, -0.15) is 0 Å². The third-order valence-corrected chi connectivity index (χ3v) is 3.46. The first-order valence-corrected chi connectivity index (χ1v) is 7.08. The van der Waals surface area contributed by atoms with Crippen molar-refractivity contribution in [3.63, 3.8) is 0 Å². The number of nitrogens with one attached hydrogen (secondary N) is 1. The quantitative estimate of drug-likeness (QED) is 0.903. The maximum Gasteiger partial charge on any atom is 0.252 e. The lowest BCUT2D eigenvalue weighted by atomic mass is 10.1. The van der Waals surface area contributed by atoms with Gasteiger partial charge in [0.15, 0.2) is 0 Å². The minimum absolute atomic E-state index is 0.0689. The second kappa shape index (κ2) is 6.19. The zero-order chi connectivity index (χ0) is 13.8. The minimum atomic E-state index is -0.0689. The van der Waals surface area contributed by atoms with Crippen LogP contribution in [0, 0.1) is 0 Å². The van der Waals surface area contributed by atoms with E-state index in [0.29, 0.717) is 6.10 Å². The molecule has 0 atom stereocenters. The molecule has 0 radical (unpaired) electrons. The Morgan fingerprint density at radius 3 is 2.74 bits per heavy atom. The normalized spacial score (nSPS) is 17.2. The smallest absolute Gasteiger partial charge is 0.252 e. The summed E-state index contributed by atoms with van der Waals surface area (Å²) in [5, 5.41) is 0. The standard InChI is InChI=1S/C14H23N3O2/c1-4-19-11-5-7-17(8-6-11)12-9-13(18)16-14(15-12)10(2)3/h9-11H,4-8H2,1-3H3,(H,15,16,18). The van der Waals surface area contributed by atoms with Crippen molar-refractivity contribution in [3.05, 3.63) is 22.2 Å². The summed E-state index contributed by atoms with van der Waals surface area (Å²) in [4.78, 5) is 21.2. The number of piperidine rings is 1. The highest BCUT2D eigenvalue weighted by atomic mass is 16.5. The highest BCUT2D eigenvalue weighted by Crippen LogP contribution is 2.19. The molecule has 2 rings (SSSR count). The summed E-state index contributed by atoms with van der Waals surface area (Å²) < 4.78 is 5.64. The van der Waals surface area contributed by atoms with Gasteiger partial charge in [0.25, 0.3) is 5.56 Å². The van der Waals surface area contributed by atoms with Crippen molar-refractivity contribution < 1.29 is 4.74 Å². The van der Waals surface area contributed by atoms with Crippen molar-refractivity contribution >= 4 is 5.82 Å². The summed E-state index contributed by atoms with van der Waals surface area (Å²) in [6.07, 6.45) is 2.35. The van der Waals surface area contributed by atoms with Gasteiger partial charge in [0.1, 0.15) is 11.6 Å². The van der Waals surface area contributed by atoms with Crippen LogP contribution >= 0.6 is 0 Å². The number of hydrogen-bond donors (Lipinski definition) is 1. The lowest BCUT2D eigenvalue weighted by Crippen LogP contribution is -2.38. The monoisotopic (exact) mass is 265 g/mol. The van der Waals surface area contributed by atoms with Crippen molar-refractivity contribution in [1.29, 1.82) is 0 Å². The third kappa shape index (κ3) is 3.56. The second-order valence-corrected chi connectivity index (χ2v) is 5.29. The average molecular weight is 265 g/mol. The molecule has 0 spiro atoms. The number of anilines is 1. The molecular formula is C14H23N3O2. The fourth-order valence-electron chi connectivity index (χ4n) is 2.39. The first-order chi connectivity index (χ1) is 9.10. The minimum Gasteiger partial charge on any atom is -0.378 e. The number of H-pyrrole nitrogens is 1.